The lowest BCUT2D eigenvalue weighted by Gasteiger charge is -2.29. The number of aromatic nitrogens is 1. The van der Waals surface area contributed by atoms with Gasteiger partial charge in [0.1, 0.15) is 6.10 Å². The molecule has 4 N–H and O–H groups in total. The first-order valence-corrected chi connectivity index (χ1v) is 14.3. The average molecular weight is 527 g/mol. The first kappa shape index (κ1) is 27.0. The van der Waals surface area contributed by atoms with Crippen LogP contribution in [0.4, 0.5) is 4.79 Å². The summed E-state index contributed by atoms with van der Waals surface area (Å²) in [6.45, 7) is 0.361. The van der Waals surface area contributed by atoms with Crippen LogP contribution in [0.15, 0.2) is 72.5 Å². The van der Waals surface area contributed by atoms with Gasteiger partial charge in [0.15, 0.2) is 9.84 Å². The minimum Gasteiger partial charge on any atom is -0.444 e. The Balaban J connectivity index is 1.41. The van der Waals surface area contributed by atoms with Gasteiger partial charge in [-0.05, 0) is 43.4 Å². The van der Waals surface area contributed by atoms with Crippen molar-refractivity contribution in [1.29, 1.82) is 0 Å². The fourth-order valence-electron chi connectivity index (χ4n) is 4.47. The molecule has 3 unspecified atom stereocenters. The number of pyridine rings is 1. The van der Waals surface area contributed by atoms with Gasteiger partial charge in [-0.2, -0.15) is 0 Å². The molecule has 0 bridgehead atoms. The van der Waals surface area contributed by atoms with Crippen LogP contribution in [0.1, 0.15) is 31.2 Å². The van der Waals surface area contributed by atoms with E-state index in [0.29, 0.717) is 6.42 Å². The molecule has 1 fully saturated rings. The van der Waals surface area contributed by atoms with Crippen LogP contribution in [0.2, 0.25) is 0 Å². The summed E-state index contributed by atoms with van der Waals surface area (Å²) < 4.78 is 28.8. The Morgan fingerprint density at radius 1 is 1.24 bits per heavy atom. The smallest absolute Gasteiger partial charge is 0.422 e. The number of aliphatic hydroxyl groups excluding tert-OH is 1. The fourth-order valence-corrected chi connectivity index (χ4v) is 6.06. The standard InChI is InChI=1S/C27H34N4O5S/c28-24(16-20-6-2-1-3-7-20)26(32)18-31(30-27(33)36-23-13-15-37(34,35)19-23)17-21-9-11-22(12-10-21)25-8-4-5-14-29-25/h1-2,4-6,8-12,14,23-24,26,32H,3,7,13,15-19,28H2,(H,30,33). The number of allylic oxidation sites excluding steroid dienone is 3. The number of sulfone groups is 1. The molecule has 1 aliphatic carbocycles. The third-order valence-electron chi connectivity index (χ3n) is 6.50. The van der Waals surface area contributed by atoms with Crippen LogP contribution in [0.25, 0.3) is 11.3 Å². The van der Waals surface area contributed by atoms with Crippen molar-refractivity contribution >= 4 is 15.9 Å². The number of carbonyl (C=O) groups excluding carboxylic acids is 1. The number of hydrogen-bond acceptors (Lipinski definition) is 8. The molecule has 9 nitrogen and oxygen atoms in total. The summed E-state index contributed by atoms with van der Waals surface area (Å²) in [5.41, 5.74) is 12.9. The van der Waals surface area contributed by atoms with Crippen molar-refractivity contribution in [3.8, 4) is 11.3 Å². The topological polar surface area (TPSA) is 135 Å². The SMILES string of the molecule is NC(CC1=CC=CCC1)C(O)CN(Cc1ccc(-c2ccccn2)cc1)NC(=O)OC1CCS(=O)(=O)C1. The van der Waals surface area contributed by atoms with E-state index >= 15 is 0 Å². The number of hydrazine groups is 1. The molecule has 1 amide bonds. The molecule has 0 saturated carbocycles. The molecule has 0 spiro atoms. The van der Waals surface area contributed by atoms with Crippen molar-refractivity contribution in [2.45, 2.75) is 50.5 Å². The molecule has 0 radical (unpaired) electrons. The number of nitrogens with one attached hydrogen (secondary N) is 1. The van der Waals surface area contributed by atoms with E-state index in [-0.39, 0.29) is 31.0 Å². The molecule has 2 heterocycles. The van der Waals surface area contributed by atoms with E-state index in [0.717, 1.165) is 29.7 Å². The quantitative estimate of drug-likeness (QED) is 0.402. The lowest BCUT2D eigenvalue weighted by Crippen LogP contribution is -2.50. The molecular formula is C27H34N4O5S. The summed E-state index contributed by atoms with van der Waals surface area (Å²) in [6.07, 6.45) is 8.23. The maximum absolute atomic E-state index is 12.6. The van der Waals surface area contributed by atoms with Crippen LogP contribution in [-0.2, 0) is 21.1 Å². The van der Waals surface area contributed by atoms with Gasteiger partial charge in [-0.25, -0.2) is 18.2 Å². The second-order valence-corrected chi connectivity index (χ2v) is 11.8. The van der Waals surface area contributed by atoms with Crippen LogP contribution < -0.4 is 11.2 Å². The van der Waals surface area contributed by atoms with Crippen LogP contribution in [0, 0.1) is 0 Å². The van der Waals surface area contributed by atoms with Gasteiger partial charge in [0.2, 0.25) is 0 Å². The molecule has 2 aromatic rings. The predicted molar refractivity (Wildman–Crippen MR) is 142 cm³/mol. The maximum Gasteiger partial charge on any atom is 0.422 e. The van der Waals surface area contributed by atoms with E-state index in [2.05, 4.69) is 16.5 Å². The summed E-state index contributed by atoms with van der Waals surface area (Å²) in [5.74, 6) is -0.164. The van der Waals surface area contributed by atoms with Crippen molar-refractivity contribution in [2.75, 3.05) is 18.1 Å². The zero-order valence-electron chi connectivity index (χ0n) is 20.7. The first-order valence-electron chi connectivity index (χ1n) is 12.5. The number of hydrogen-bond donors (Lipinski definition) is 3. The van der Waals surface area contributed by atoms with Gasteiger partial charge < -0.3 is 15.6 Å². The Morgan fingerprint density at radius 3 is 2.70 bits per heavy atom. The third-order valence-corrected chi connectivity index (χ3v) is 8.24. The maximum atomic E-state index is 12.6. The molecule has 37 heavy (non-hydrogen) atoms. The molecule has 3 atom stereocenters. The second kappa shape index (κ2) is 12.5. The molecular weight excluding hydrogens is 492 g/mol. The van der Waals surface area contributed by atoms with Crippen LogP contribution in [0.5, 0.6) is 0 Å². The van der Waals surface area contributed by atoms with Crippen LogP contribution >= 0.6 is 0 Å². The van der Waals surface area contributed by atoms with Gasteiger partial charge >= 0.3 is 6.09 Å². The molecule has 1 aliphatic heterocycles. The highest BCUT2D eigenvalue weighted by atomic mass is 32.2. The molecule has 1 saturated heterocycles. The van der Waals surface area contributed by atoms with E-state index in [1.165, 1.54) is 5.57 Å². The number of carbonyl (C=O) groups is 1. The molecule has 10 heteroatoms. The van der Waals surface area contributed by atoms with Crippen LogP contribution in [0.3, 0.4) is 0 Å². The van der Waals surface area contributed by atoms with Gasteiger partial charge in [0, 0.05) is 30.9 Å². The van der Waals surface area contributed by atoms with Crippen molar-refractivity contribution in [3.05, 3.63) is 78.0 Å². The Hall–Kier alpha value is -3.05. The summed E-state index contributed by atoms with van der Waals surface area (Å²) in [4.78, 5) is 17.0. The Bertz CT molecular complexity index is 1220. The highest BCUT2D eigenvalue weighted by Crippen LogP contribution is 2.20. The Kier molecular flexibility index (Phi) is 9.09. The van der Waals surface area contributed by atoms with Gasteiger partial charge in [-0.3, -0.25) is 10.4 Å². The Labute approximate surface area is 217 Å². The van der Waals surface area contributed by atoms with E-state index in [4.69, 9.17) is 10.5 Å². The predicted octanol–water partition coefficient (Wildman–Crippen LogP) is 2.73. The minimum absolute atomic E-state index is 0.00981. The largest absolute Gasteiger partial charge is 0.444 e. The van der Waals surface area contributed by atoms with Gasteiger partial charge in [0.25, 0.3) is 0 Å². The number of amides is 1. The molecule has 198 valence electrons. The van der Waals surface area contributed by atoms with Crippen molar-refractivity contribution in [3.63, 3.8) is 0 Å². The highest BCUT2D eigenvalue weighted by Gasteiger charge is 2.31. The number of nitrogens with zero attached hydrogens (tertiary/aromatic N) is 2. The van der Waals surface area contributed by atoms with E-state index in [9.17, 15) is 18.3 Å². The lowest BCUT2D eigenvalue weighted by molar-refractivity contribution is 0.0418. The number of nitrogens with two attached hydrogens (primary N) is 1. The fraction of sp³-hybridized carbons (Fsp3) is 0.407. The normalized spacial score (nSPS) is 20.3. The molecule has 1 aromatic heterocycles. The number of rotatable bonds is 10. The van der Waals surface area contributed by atoms with E-state index in [1.54, 1.807) is 11.2 Å². The minimum atomic E-state index is -3.18. The zero-order chi connectivity index (χ0) is 26.3. The van der Waals surface area contributed by atoms with Gasteiger partial charge in [0.05, 0.1) is 23.3 Å². The van der Waals surface area contributed by atoms with Gasteiger partial charge in [-0.15, -0.1) is 0 Å². The lowest BCUT2D eigenvalue weighted by atomic mass is 9.95. The Morgan fingerprint density at radius 2 is 2.05 bits per heavy atom. The van der Waals surface area contributed by atoms with Crippen molar-refractivity contribution in [1.82, 2.24) is 15.4 Å². The summed E-state index contributed by atoms with van der Waals surface area (Å²) >= 11 is 0. The number of aliphatic hydroxyl groups is 1. The van der Waals surface area contributed by atoms with Crippen molar-refractivity contribution in [2.24, 2.45) is 5.73 Å². The first-order chi connectivity index (χ1) is 17.8. The summed E-state index contributed by atoms with van der Waals surface area (Å²) in [7, 11) is -3.18. The number of benzene rings is 1. The highest BCUT2D eigenvalue weighted by molar-refractivity contribution is 7.91. The second-order valence-electron chi connectivity index (χ2n) is 9.56. The molecule has 1 aromatic carbocycles. The zero-order valence-corrected chi connectivity index (χ0v) is 21.5. The monoisotopic (exact) mass is 526 g/mol. The molecule has 2 aliphatic rings. The molecule has 4 rings (SSSR count). The van der Waals surface area contributed by atoms with E-state index in [1.807, 2.05) is 54.6 Å². The summed E-state index contributed by atoms with van der Waals surface area (Å²) in [6, 6.07) is 13.0. The third kappa shape index (κ3) is 8.22. The average Bonchev–Trinajstić information content (AvgIpc) is 3.23. The van der Waals surface area contributed by atoms with Gasteiger partial charge in [-0.1, -0.05) is 54.1 Å². The van der Waals surface area contributed by atoms with Crippen LogP contribution in [-0.4, -0.2) is 65.9 Å². The number of ether oxygens (including phenoxy) is 1. The van der Waals surface area contributed by atoms with Crippen molar-refractivity contribution < 1.29 is 23.1 Å². The summed E-state index contributed by atoms with van der Waals surface area (Å²) in [5, 5.41) is 12.4. The van der Waals surface area contributed by atoms with E-state index < -0.39 is 34.2 Å².